The summed E-state index contributed by atoms with van der Waals surface area (Å²) in [5.74, 6) is 0. The highest BCUT2D eigenvalue weighted by atomic mass is 35.5. The molecular weight excluding hydrogens is 814 g/mol. The first-order valence-electron chi connectivity index (χ1n) is 20.1. The molecule has 3 aliphatic rings. The van der Waals surface area contributed by atoms with E-state index in [-0.39, 0.29) is 8.27 Å². The highest BCUT2D eigenvalue weighted by Crippen LogP contribution is 2.53. The Hall–Kier alpha value is -4.91. The van der Waals surface area contributed by atoms with Gasteiger partial charge < -0.3 is 14.4 Å². The topological polar surface area (TPSA) is 118 Å². The summed E-state index contributed by atoms with van der Waals surface area (Å²) < 4.78 is 64.6. The smallest absolute Gasteiger partial charge is 0.425 e. The Balaban J connectivity index is 0.000000703. The molecule has 320 valence electrons. The van der Waals surface area contributed by atoms with Gasteiger partial charge in [0, 0.05) is 36.7 Å². The lowest BCUT2D eigenvalue weighted by atomic mass is 9.78. The minimum Gasteiger partial charge on any atom is -0.743 e. The summed E-state index contributed by atoms with van der Waals surface area (Å²) in [4.78, 5) is 3.88. The maximum Gasteiger partial charge on any atom is 0.425 e. The number of nitrogens with zero attached hydrogens (tertiary/aromatic N) is 3. The molecule has 4 aromatic carbocycles. The number of anilines is 1. The van der Waals surface area contributed by atoms with E-state index in [0.717, 1.165) is 58.1 Å². The van der Waals surface area contributed by atoms with Crippen molar-refractivity contribution >= 4 is 71.0 Å². The van der Waals surface area contributed by atoms with E-state index >= 15 is 0 Å². The molecule has 0 unspecified atom stereocenters. The molecule has 2 heterocycles. The molecule has 4 aromatic rings. The van der Waals surface area contributed by atoms with Crippen LogP contribution in [0.15, 0.2) is 143 Å². The van der Waals surface area contributed by atoms with E-state index in [9.17, 15) is 13.0 Å². The van der Waals surface area contributed by atoms with Gasteiger partial charge in [0.15, 0.2) is 11.9 Å². The van der Waals surface area contributed by atoms with Gasteiger partial charge in [0.1, 0.15) is 15.1 Å². The molecule has 12 heteroatoms. The summed E-state index contributed by atoms with van der Waals surface area (Å²) in [6, 6.07) is 24.6. The zero-order chi connectivity index (χ0) is 44.2. The third-order valence-electron chi connectivity index (χ3n) is 11.7. The van der Waals surface area contributed by atoms with Crippen LogP contribution in [0.2, 0.25) is 0 Å². The van der Waals surface area contributed by atoms with Crippen molar-refractivity contribution in [2.75, 3.05) is 24.5 Å². The van der Waals surface area contributed by atoms with E-state index in [1.807, 2.05) is 68.6 Å². The van der Waals surface area contributed by atoms with Crippen LogP contribution in [0.25, 0.3) is 21.5 Å². The van der Waals surface area contributed by atoms with E-state index in [4.69, 9.17) is 24.2 Å². The lowest BCUT2D eigenvalue weighted by molar-refractivity contribution is -0.355. The van der Waals surface area contributed by atoms with Crippen LogP contribution in [-0.2, 0) is 31.6 Å². The van der Waals surface area contributed by atoms with Crippen LogP contribution in [0, 0.1) is 0 Å². The molecule has 7 rings (SSSR count). The van der Waals surface area contributed by atoms with Crippen molar-refractivity contribution in [2.24, 2.45) is 0 Å². The first-order valence-corrected chi connectivity index (χ1v) is 22.9. The summed E-state index contributed by atoms with van der Waals surface area (Å²) in [7, 11) is -7.94. The fraction of sp³-hybridized carbons (Fsp3) is 0.312. The maximum atomic E-state index is 12.4. The SMILES string of the molecule is C=C[N+]1=C(C=CC2=C(Cl)C(=CC=C3N(C(=C)S(=O)(=O)[O-])c4ccc5ccccc5c4C3(C)C)CCC2)C(C)(C)c2c1ccc1ccccc21.CCN(CC)CC.O=S(=O)=O.[HH].[HH]. The average Bonchev–Trinajstić information content (AvgIpc) is 3.58. The minimum absolute atomic E-state index is 0. The van der Waals surface area contributed by atoms with Crippen molar-refractivity contribution in [3.8, 4) is 0 Å². The number of benzene rings is 4. The van der Waals surface area contributed by atoms with Crippen LogP contribution in [0.3, 0.4) is 0 Å². The summed E-state index contributed by atoms with van der Waals surface area (Å²) in [6.07, 6.45) is 12.6. The Bertz CT molecular complexity index is 2740. The molecule has 0 spiro atoms. The Morgan fingerprint density at radius 2 is 1.40 bits per heavy atom. The minimum atomic E-state index is -4.83. The molecule has 0 bridgehead atoms. The second-order valence-electron chi connectivity index (χ2n) is 15.8. The van der Waals surface area contributed by atoms with Crippen molar-refractivity contribution in [1.29, 1.82) is 0 Å². The highest BCUT2D eigenvalue weighted by Gasteiger charge is 2.45. The van der Waals surface area contributed by atoms with Crippen molar-refractivity contribution in [3.05, 3.63) is 154 Å². The standard InChI is InChI=1S/C42H39ClN2O3S.C6H15N.O3S.2H2/c1-7-44-34-23-19-28-13-8-10-17-32(28)38(34)41(3,4)36(44)25-21-30-15-12-16-31(40(30)43)22-26-37-42(5,6)39-33-18-11-9-14-29(33)20-24-35(39)45(37)27(2)49(46,47)48;1-4-7(5-2)6-3;1-4(2)3;;/h7-11,13-14,17-26H,1-2,12,15-16H2,3-6H3;4-6H2,1-3H3;;2*1H. The van der Waals surface area contributed by atoms with Crippen molar-refractivity contribution in [3.63, 3.8) is 0 Å². The van der Waals surface area contributed by atoms with Gasteiger partial charge in [-0.15, -0.1) is 12.6 Å². The average molecular weight is 873 g/mol. The molecule has 0 radical (unpaired) electrons. The van der Waals surface area contributed by atoms with Crippen molar-refractivity contribution < 1.29 is 33.0 Å². The number of halogens is 1. The summed E-state index contributed by atoms with van der Waals surface area (Å²) >= 11 is 7.15. The molecule has 0 amide bonds. The van der Waals surface area contributed by atoms with Gasteiger partial charge in [0.05, 0.1) is 11.1 Å². The predicted molar refractivity (Wildman–Crippen MR) is 250 cm³/mol. The first-order chi connectivity index (χ1) is 28.3. The predicted octanol–water partition coefficient (Wildman–Crippen LogP) is 11.2. The van der Waals surface area contributed by atoms with E-state index in [1.54, 1.807) is 0 Å². The molecular formula is C48H58ClN3O6S2. The Morgan fingerprint density at radius 3 is 1.93 bits per heavy atom. The van der Waals surface area contributed by atoms with E-state index in [0.29, 0.717) is 16.4 Å². The lowest BCUT2D eigenvalue weighted by Gasteiger charge is -2.29. The van der Waals surface area contributed by atoms with Gasteiger partial charge in [-0.25, -0.2) is 8.42 Å². The van der Waals surface area contributed by atoms with Crippen molar-refractivity contribution in [2.45, 2.75) is 78.6 Å². The molecule has 2 aliphatic heterocycles. The second-order valence-corrected chi connectivity index (χ2v) is 18.0. The fourth-order valence-corrected chi connectivity index (χ4v) is 9.44. The molecule has 0 fully saturated rings. The Labute approximate surface area is 364 Å². The molecule has 60 heavy (non-hydrogen) atoms. The summed E-state index contributed by atoms with van der Waals surface area (Å²) in [6.45, 7) is 26.6. The van der Waals surface area contributed by atoms with E-state index in [1.165, 1.54) is 40.9 Å². The molecule has 0 saturated carbocycles. The molecule has 0 aromatic heterocycles. The number of fused-ring (bicyclic) bond motifs is 6. The monoisotopic (exact) mass is 871 g/mol. The van der Waals surface area contributed by atoms with Gasteiger partial charge in [-0.3, -0.25) is 0 Å². The second kappa shape index (κ2) is 18.8. The van der Waals surface area contributed by atoms with Gasteiger partial charge in [-0.05, 0) is 116 Å². The molecule has 0 atom stereocenters. The summed E-state index contributed by atoms with van der Waals surface area (Å²) in [5.41, 5.74) is 6.86. The molecule has 0 saturated heterocycles. The van der Waals surface area contributed by atoms with Gasteiger partial charge in [0.25, 0.3) is 0 Å². The van der Waals surface area contributed by atoms with Crippen molar-refractivity contribution in [1.82, 2.24) is 4.90 Å². The molecule has 0 N–H and O–H groups in total. The zero-order valence-corrected chi connectivity index (χ0v) is 37.8. The number of allylic oxidation sites excluding steroid dienone is 8. The first kappa shape index (κ1) is 46.2. The summed E-state index contributed by atoms with van der Waals surface area (Å²) in [5, 5.41) is 4.67. The third-order valence-corrected chi connectivity index (χ3v) is 13.0. The number of rotatable bonds is 9. The van der Waals surface area contributed by atoms with E-state index < -0.39 is 31.2 Å². The normalized spacial score (nSPS) is 18.1. The zero-order valence-electron chi connectivity index (χ0n) is 35.5. The third kappa shape index (κ3) is 9.21. The van der Waals surface area contributed by atoms with Gasteiger partial charge in [-0.1, -0.05) is 120 Å². The maximum absolute atomic E-state index is 12.4. The van der Waals surface area contributed by atoms with Crippen LogP contribution in [0.4, 0.5) is 11.4 Å². The number of hydrogen-bond donors (Lipinski definition) is 0. The fourth-order valence-electron chi connectivity index (χ4n) is 8.70. The van der Waals surface area contributed by atoms with Crippen LogP contribution in [-0.4, -0.2) is 60.4 Å². The van der Waals surface area contributed by atoms with Gasteiger partial charge >= 0.3 is 10.6 Å². The largest absolute Gasteiger partial charge is 0.743 e. The van der Waals surface area contributed by atoms with Crippen LogP contribution in [0.5, 0.6) is 0 Å². The molecule has 9 nitrogen and oxygen atoms in total. The Kier molecular flexibility index (Phi) is 14.5. The quantitative estimate of drug-likeness (QED) is 0.121. The van der Waals surface area contributed by atoms with Gasteiger partial charge in [-0.2, -0.15) is 4.58 Å². The van der Waals surface area contributed by atoms with E-state index in [2.05, 4.69) is 106 Å². The Morgan fingerprint density at radius 1 is 0.850 bits per heavy atom. The molecule has 1 aliphatic carbocycles. The number of hydrogen-bond acceptors (Lipinski definition) is 8. The van der Waals surface area contributed by atoms with Crippen LogP contribution < -0.4 is 4.90 Å². The highest BCUT2D eigenvalue weighted by molar-refractivity contribution is 7.89. The van der Waals surface area contributed by atoms with Crippen LogP contribution >= 0.6 is 11.6 Å². The van der Waals surface area contributed by atoms with Crippen LogP contribution in [0.1, 0.15) is 81.7 Å². The lowest BCUT2D eigenvalue weighted by Crippen LogP contribution is -2.28. The van der Waals surface area contributed by atoms with Gasteiger partial charge in [0.2, 0.25) is 5.69 Å².